The van der Waals surface area contributed by atoms with E-state index in [1.54, 1.807) is 25.1 Å². The molecule has 30 heavy (non-hydrogen) atoms. The molecule has 0 aliphatic heterocycles. The highest BCUT2D eigenvalue weighted by Crippen LogP contribution is 2.20. The van der Waals surface area contributed by atoms with Gasteiger partial charge in [-0.2, -0.15) is 4.99 Å². The SMILES string of the molecule is CCOCCn1c(=NC(=O)Cc2ccccc2Cl)sc2cc(C(=O)OCC)ccc21. The maximum absolute atomic E-state index is 12.6. The smallest absolute Gasteiger partial charge is 0.338 e. The molecule has 0 atom stereocenters. The fourth-order valence-electron chi connectivity index (χ4n) is 2.97. The first-order valence-electron chi connectivity index (χ1n) is 9.72. The minimum absolute atomic E-state index is 0.119. The molecule has 158 valence electrons. The van der Waals surface area contributed by atoms with Crippen LogP contribution in [0.1, 0.15) is 29.8 Å². The third-order valence-electron chi connectivity index (χ3n) is 4.38. The molecule has 0 bridgehead atoms. The number of rotatable bonds is 8. The van der Waals surface area contributed by atoms with Crippen LogP contribution in [0.4, 0.5) is 0 Å². The number of nitrogens with zero attached hydrogens (tertiary/aromatic N) is 2. The van der Waals surface area contributed by atoms with Crippen molar-refractivity contribution in [1.29, 1.82) is 0 Å². The number of aromatic nitrogens is 1. The number of amides is 1. The van der Waals surface area contributed by atoms with Gasteiger partial charge in [-0.05, 0) is 43.7 Å². The fourth-order valence-corrected chi connectivity index (χ4v) is 4.28. The van der Waals surface area contributed by atoms with Gasteiger partial charge >= 0.3 is 5.97 Å². The van der Waals surface area contributed by atoms with Gasteiger partial charge < -0.3 is 14.0 Å². The molecule has 0 aliphatic rings. The number of fused-ring (bicyclic) bond motifs is 1. The van der Waals surface area contributed by atoms with Gasteiger partial charge in [0, 0.05) is 18.2 Å². The molecule has 0 N–H and O–H groups in total. The number of thiazole rings is 1. The second-order valence-corrected chi connectivity index (χ2v) is 7.83. The lowest BCUT2D eigenvalue weighted by Crippen LogP contribution is -2.20. The molecular formula is C22H23ClN2O4S. The predicted octanol–water partition coefficient (Wildman–Crippen LogP) is 4.24. The summed E-state index contributed by atoms with van der Waals surface area (Å²) in [7, 11) is 0. The summed E-state index contributed by atoms with van der Waals surface area (Å²) in [6.07, 6.45) is 0.119. The zero-order valence-corrected chi connectivity index (χ0v) is 18.5. The van der Waals surface area contributed by atoms with Crippen LogP contribution in [0.2, 0.25) is 5.02 Å². The third kappa shape index (κ3) is 5.36. The molecule has 2 aromatic carbocycles. The number of hydrogen-bond acceptors (Lipinski definition) is 5. The molecule has 0 spiro atoms. The second-order valence-electron chi connectivity index (χ2n) is 6.41. The Morgan fingerprint density at radius 3 is 2.67 bits per heavy atom. The van der Waals surface area contributed by atoms with Crippen LogP contribution < -0.4 is 4.80 Å². The van der Waals surface area contributed by atoms with E-state index in [-0.39, 0.29) is 18.3 Å². The molecule has 0 fully saturated rings. The normalized spacial score (nSPS) is 11.8. The monoisotopic (exact) mass is 446 g/mol. The second kappa shape index (κ2) is 10.5. The summed E-state index contributed by atoms with van der Waals surface area (Å²) in [5, 5.41) is 0.542. The summed E-state index contributed by atoms with van der Waals surface area (Å²) in [5.41, 5.74) is 2.09. The van der Waals surface area contributed by atoms with Crippen molar-refractivity contribution in [2.24, 2.45) is 4.99 Å². The van der Waals surface area contributed by atoms with Crippen LogP contribution in [0.15, 0.2) is 47.5 Å². The van der Waals surface area contributed by atoms with E-state index in [9.17, 15) is 9.59 Å². The highest BCUT2D eigenvalue weighted by molar-refractivity contribution is 7.16. The molecule has 0 saturated carbocycles. The van der Waals surface area contributed by atoms with E-state index in [0.717, 1.165) is 15.8 Å². The van der Waals surface area contributed by atoms with E-state index < -0.39 is 0 Å². The van der Waals surface area contributed by atoms with E-state index in [4.69, 9.17) is 21.1 Å². The third-order valence-corrected chi connectivity index (χ3v) is 5.79. The van der Waals surface area contributed by atoms with Crippen LogP contribution in [0.5, 0.6) is 0 Å². The molecule has 0 saturated heterocycles. The first-order valence-corrected chi connectivity index (χ1v) is 10.9. The lowest BCUT2D eigenvalue weighted by Gasteiger charge is -2.06. The number of benzene rings is 2. The summed E-state index contributed by atoms with van der Waals surface area (Å²) in [6, 6.07) is 12.6. The topological polar surface area (TPSA) is 69.9 Å². The molecule has 8 heteroatoms. The van der Waals surface area contributed by atoms with Gasteiger partial charge in [-0.1, -0.05) is 41.1 Å². The average molecular weight is 447 g/mol. The number of halogens is 1. The van der Waals surface area contributed by atoms with Gasteiger partial charge in [0.2, 0.25) is 0 Å². The summed E-state index contributed by atoms with van der Waals surface area (Å²) in [6.45, 7) is 5.66. The van der Waals surface area contributed by atoms with Gasteiger partial charge in [0.15, 0.2) is 4.80 Å². The van der Waals surface area contributed by atoms with Crippen LogP contribution in [-0.4, -0.2) is 36.3 Å². The molecule has 1 aromatic heterocycles. The molecule has 0 radical (unpaired) electrons. The Morgan fingerprint density at radius 1 is 1.13 bits per heavy atom. The number of esters is 1. The van der Waals surface area contributed by atoms with Gasteiger partial charge in [-0.3, -0.25) is 4.79 Å². The highest BCUT2D eigenvalue weighted by Gasteiger charge is 2.13. The Labute approximate surface area is 183 Å². The van der Waals surface area contributed by atoms with Crippen LogP contribution in [-0.2, 0) is 27.2 Å². The number of hydrogen-bond donors (Lipinski definition) is 0. The van der Waals surface area contributed by atoms with E-state index in [1.807, 2.05) is 35.8 Å². The van der Waals surface area contributed by atoms with E-state index in [0.29, 0.717) is 41.8 Å². The number of carbonyl (C=O) groups excluding carboxylic acids is 2. The van der Waals surface area contributed by atoms with Crippen LogP contribution in [0, 0.1) is 0 Å². The van der Waals surface area contributed by atoms with Gasteiger partial charge in [0.25, 0.3) is 5.91 Å². The van der Waals surface area contributed by atoms with Gasteiger partial charge in [0.1, 0.15) is 0 Å². The molecule has 3 rings (SSSR count). The Morgan fingerprint density at radius 2 is 1.93 bits per heavy atom. The van der Waals surface area contributed by atoms with Crippen LogP contribution in [0.3, 0.4) is 0 Å². The highest BCUT2D eigenvalue weighted by atomic mass is 35.5. The number of ether oxygens (including phenoxy) is 2. The van der Waals surface area contributed by atoms with E-state index in [2.05, 4.69) is 4.99 Å². The van der Waals surface area contributed by atoms with Crippen molar-refractivity contribution in [2.75, 3.05) is 19.8 Å². The fraction of sp³-hybridized carbons (Fsp3) is 0.318. The molecule has 1 heterocycles. The molecular weight excluding hydrogens is 424 g/mol. The maximum Gasteiger partial charge on any atom is 0.338 e. The van der Waals surface area contributed by atoms with Crippen molar-refractivity contribution in [3.05, 3.63) is 63.4 Å². The lowest BCUT2D eigenvalue weighted by atomic mass is 10.1. The summed E-state index contributed by atoms with van der Waals surface area (Å²) < 4.78 is 13.4. The van der Waals surface area contributed by atoms with Gasteiger partial charge in [-0.25, -0.2) is 4.79 Å². The first-order chi connectivity index (χ1) is 14.5. The van der Waals surface area contributed by atoms with Crippen molar-refractivity contribution < 1.29 is 19.1 Å². The molecule has 6 nitrogen and oxygen atoms in total. The van der Waals surface area contributed by atoms with Crippen molar-refractivity contribution in [2.45, 2.75) is 26.8 Å². The Hall–Kier alpha value is -2.48. The zero-order chi connectivity index (χ0) is 21.5. The quantitative estimate of drug-likeness (QED) is 0.383. The minimum Gasteiger partial charge on any atom is -0.462 e. The largest absolute Gasteiger partial charge is 0.462 e. The van der Waals surface area contributed by atoms with Crippen molar-refractivity contribution >= 4 is 45.0 Å². The predicted molar refractivity (Wildman–Crippen MR) is 118 cm³/mol. The zero-order valence-electron chi connectivity index (χ0n) is 16.9. The van der Waals surface area contributed by atoms with Crippen LogP contribution in [0.25, 0.3) is 10.2 Å². The molecule has 1 amide bonds. The Kier molecular flexibility index (Phi) is 7.79. The summed E-state index contributed by atoms with van der Waals surface area (Å²) in [5.74, 6) is -0.660. The maximum atomic E-state index is 12.6. The first kappa shape index (κ1) is 22.2. The number of carbonyl (C=O) groups is 2. The lowest BCUT2D eigenvalue weighted by molar-refractivity contribution is -0.117. The van der Waals surface area contributed by atoms with E-state index in [1.165, 1.54) is 11.3 Å². The summed E-state index contributed by atoms with van der Waals surface area (Å²) in [4.78, 5) is 29.6. The van der Waals surface area contributed by atoms with Crippen molar-refractivity contribution in [1.82, 2.24) is 4.57 Å². The molecule has 3 aromatic rings. The van der Waals surface area contributed by atoms with Crippen LogP contribution >= 0.6 is 22.9 Å². The van der Waals surface area contributed by atoms with Crippen molar-refractivity contribution in [3.63, 3.8) is 0 Å². The van der Waals surface area contributed by atoms with Crippen molar-refractivity contribution in [3.8, 4) is 0 Å². The van der Waals surface area contributed by atoms with Gasteiger partial charge in [-0.15, -0.1) is 0 Å². The average Bonchev–Trinajstić information content (AvgIpc) is 3.06. The Balaban J connectivity index is 1.98. The minimum atomic E-state index is -0.373. The Bertz CT molecular complexity index is 1120. The summed E-state index contributed by atoms with van der Waals surface area (Å²) >= 11 is 7.52. The standard InChI is InChI=1S/C22H23ClN2O4S/c1-3-28-12-11-25-18-10-9-16(21(27)29-4-2)13-19(18)30-22(25)24-20(26)14-15-7-5-6-8-17(15)23/h5-10,13H,3-4,11-12,14H2,1-2H3. The molecule has 0 aliphatic carbocycles. The van der Waals surface area contributed by atoms with Gasteiger partial charge in [0.05, 0.1) is 35.4 Å². The van der Waals surface area contributed by atoms with E-state index >= 15 is 0 Å². The molecule has 0 unspecified atom stereocenters.